The molecule has 3 aromatic rings. The van der Waals surface area contributed by atoms with Crippen molar-refractivity contribution in [1.82, 2.24) is 4.90 Å². The van der Waals surface area contributed by atoms with Gasteiger partial charge < -0.3 is 15.1 Å². The largest absolute Gasteiger partial charge is 0.367 e. The van der Waals surface area contributed by atoms with Gasteiger partial charge in [0.25, 0.3) is 11.8 Å². The summed E-state index contributed by atoms with van der Waals surface area (Å²) >= 11 is 6.50. The second-order valence-electron chi connectivity index (χ2n) is 7.72. The Hall–Kier alpha value is -3.38. The van der Waals surface area contributed by atoms with Crippen molar-refractivity contribution < 1.29 is 14.0 Å². The summed E-state index contributed by atoms with van der Waals surface area (Å²) in [6.07, 6.45) is 0. The van der Waals surface area contributed by atoms with Gasteiger partial charge in [-0.05, 0) is 55.0 Å². The molecule has 0 radical (unpaired) electrons. The van der Waals surface area contributed by atoms with Crippen LogP contribution >= 0.6 is 11.6 Å². The van der Waals surface area contributed by atoms with Gasteiger partial charge in [0, 0.05) is 43.0 Å². The first-order chi connectivity index (χ1) is 15.4. The summed E-state index contributed by atoms with van der Waals surface area (Å²) in [4.78, 5) is 29.2. The lowest BCUT2D eigenvalue weighted by Crippen LogP contribution is -2.49. The number of amides is 2. The second-order valence-corrected chi connectivity index (χ2v) is 8.13. The van der Waals surface area contributed by atoms with Crippen LogP contribution in [0.25, 0.3) is 0 Å². The average molecular weight is 452 g/mol. The number of carbonyl (C=O) groups excluding carboxylic acids is 2. The number of hydrogen-bond donors (Lipinski definition) is 1. The van der Waals surface area contributed by atoms with Crippen LogP contribution in [-0.2, 0) is 0 Å². The zero-order valence-electron chi connectivity index (χ0n) is 17.6. The maximum Gasteiger partial charge on any atom is 0.255 e. The monoisotopic (exact) mass is 451 g/mol. The summed E-state index contributed by atoms with van der Waals surface area (Å²) in [5.41, 5.74) is 3.32. The van der Waals surface area contributed by atoms with Gasteiger partial charge in [0.2, 0.25) is 0 Å². The van der Waals surface area contributed by atoms with Crippen molar-refractivity contribution >= 4 is 34.8 Å². The van der Waals surface area contributed by atoms with Gasteiger partial charge in [0.1, 0.15) is 5.82 Å². The minimum atomic E-state index is -0.467. The van der Waals surface area contributed by atoms with Crippen LogP contribution in [0.5, 0.6) is 0 Å². The van der Waals surface area contributed by atoms with Gasteiger partial charge in [-0.3, -0.25) is 9.59 Å². The zero-order chi connectivity index (χ0) is 22.7. The standard InChI is InChI=1S/C25H23ClFN3O2/c1-17-5-2-3-8-21(17)25(32)30-13-11-29(12-14-30)23-10-9-20(16-22(23)26)28-24(31)18-6-4-7-19(27)15-18/h2-10,15-16H,11-14H2,1H3,(H,28,31). The maximum atomic E-state index is 13.4. The Morgan fingerprint density at radius 3 is 2.38 bits per heavy atom. The van der Waals surface area contributed by atoms with Crippen LogP contribution in [-0.4, -0.2) is 42.9 Å². The molecule has 1 fully saturated rings. The highest BCUT2D eigenvalue weighted by atomic mass is 35.5. The van der Waals surface area contributed by atoms with E-state index in [1.807, 2.05) is 42.2 Å². The molecule has 0 aliphatic carbocycles. The molecule has 1 aliphatic heterocycles. The van der Waals surface area contributed by atoms with Crippen LogP contribution in [0.4, 0.5) is 15.8 Å². The number of hydrogen-bond acceptors (Lipinski definition) is 3. The fraction of sp³-hybridized carbons (Fsp3) is 0.200. The van der Waals surface area contributed by atoms with Crippen molar-refractivity contribution in [3.05, 3.63) is 94.3 Å². The smallest absolute Gasteiger partial charge is 0.255 e. The Bertz CT molecular complexity index is 1160. The molecule has 4 rings (SSSR count). The lowest BCUT2D eigenvalue weighted by atomic mass is 10.1. The quantitative estimate of drug-likeness (QED) is 0.607. The lowest BCUT2D eigenvalue weighted by Gasteiger charge is -2.36. The van der Waals surface area contributed by atoms with Crippen molar-refractivity contribution in [3.8, 4) is 0 Å². The molecule has 1 aliphatic rings. The van der Waals surface area contributed by atoms with E-state index < -0.39 is 11.7 Å². The number of nitrogens with zero attached hydrogens (tertiary/aromatic N) is 2. The summed E-state index contributed by atoms with van der Waals surface area (Å²) in [6.45, 7) is 4.46. The number of piperazine rings is 1. The number of benzene rings is 3. The number of nitrogens with one attached hydrogen (secondary N) is 1. The molecule has 3 aromatic carbocycles. The Balaban J connectivity index is 1.39. The number of rotatable bonds is 4. The van der Waals surface area contributed by atoms with E-state index in [0.717, 1.165) is 16.8 Å². The predicted molar refractivity (Wildman–Crippen MR) is 125 cm³/mol. The normalized spacial score (nSPS) is 13.7. The molecule has 32 heavy (non-hydrogen) atoms. The van der Waals surface area contributed by atoms with E-state index in [0.29, 0.717) is 36.9 Å². The van der Waals surface area contributed by atoms with Crippen molar-refractivity contribution in [1.29, 1.82) is 0 Å². The van der Waals surface area contributed by atoms with Gasteiger partial charge in [-0.25, -0.2) is 4.39 Å². The van der Waals surface area contributed by atoms with Crippen LogP contribution in [0.3, 0.4) is 0 Å². The molecule has 7 heteroatoms. The molecule has 5 nitrogen and oxygen atoms in total. The number of aryl methyl sites for hydroxylation is 1. The van der Waals surface area contributed by atoms with Gasteiger partial charge >= 0.3 is 0 Å². The molecule has 0 unspecified atom stereocenters. The van der Waals surface area contributed by atoms with Crippen molar-refractivity contribution in [2.75, 3.05) is 36.4 Å². The summed E-state index contributed by atoms with van der Waals surface area (Å²) in [6, 6.07) is 18.4. The fourth-order valence-electron chi connectivity index (χ4n) is 3.81. The minimum Gasteiger partial charge on any atom is -0.367 e. The molecule has 1 N–H and O–H groups in total. The van der Waals surface area contributed by atoms with Crippen LogP contribution in [0.2, 0.25) is 5.02 Å². The first-order valence-corrected chi connectivity index (χ1v) is 10.8. The van der Waals surface area contributed by atoms with E-state index in [4.69, 9.17) is 11.6 Å². The molecule has 0 saturated carbocycles. The molecule has 0 aromatic heterocycles. The van der Waals surface area contributed by atoms with Crippen LogP contribution < -0.4 is 10.2 Å². The molecular weight excluding hydrogens is 429 g/mol. The van der Waals surface area contributed by atoms with Crippen LogP contribution in [0, 0.1) is 12.7 Å². The Labute approximate surface area is 191 Å². The molecule has 1 heterocycles. The van der Waals surface area contributed by atoms with E-state index in [2.05, 4.69) is 10.2 Å². The van der Waals surface area contributed by atoms with Gasteiger partial charge in [0.05, 0.1) is 10.7 Å². The summed E-state index contributed by atoms with van der Waals surface area (Å²) < 4.78 is 13.4. The highest BCUT2D eigenvalue weighted by molar-refractivity contribution is 6.33. The Morgan fingerprint density at radius 2 is 1.69 bits per heavy atom. The van der Waals surface area contributed by atoms with Crippen LogP contribution in [0.15, 0.2) is 66.7 Å². The third-order valence-corrected chi connectivity index (χ3v) is 5.88. The SMILES string of the molecule is Cc1ccccc1C(=O)N1CCN(c2ccc(NC(=O)c3cccc(F)c3)cc2Cl)CC1. The molecule has 2 amide bonds. The minimum absolute atomic E-state index is 0.0456. The summed E-state index contributed by atoms with van der Waals surface area (Å²) in [5.74, 6) is -0.827. The van der Waals surface area contributed by atoms with E-state index in [9.17, 15) is 14.0 Å². The van der Waals surface area contributed by atoms with E-state index in [1.165, 1.54) is 18.2 Å². The zero-order valence-corrected chi connectivity index (χ0v) is 18.4. The van der Waals surface area contributed by atoms with Gasteiger partial charge in [-0.1, -0.05) is 35.9 Å². The Kier molecular flexibility index (Phi) is 6.42. The van der Waals surface area contributed by atoms with E-state index >= 15 is 0 Å². The first kappa shape index (κ1) is 21.8. The second kappa shape index (κ2) is 9.40. The molecule has 0 atom stereocenters. The molecular formula is C25H23ClFN3O2. The van der Waals surface area contributed by atoms with Crippen molar-refractivity contribution in [3.63, 3.8) is 0 Å². The number of halogens is 2. The summed E-state index contributed by atoms with van der Waals surface area (Å²) in [5, 5.41) is 3.24. The topological polar surface area (TPSA) is 52.7 Å². The van der Waals surface area contributed by atoms with Crippen molar-refractivity contribution in [2.45, 2.75) is 6.92 Å². The molecule has 0 bridgehead atoms. The maximum absolute atomic E-state index is 13.4. The number of anilines is 2. The molecule has 0 spiro atoms. The summed E-state index contributed by atoms with van der Waals surface area (Å²) in [7, 11) is 0. The lowest BCUT2D eigenvalue weighted by molar-refractivity contribution is 0.0746. The van der Waals surface area contributed by atoms with Crippen LogP contribution in [0.1, 0.15) is 26.3 Å². The third kappa shape index (κ3) is 4.75. The molecule has 1 saturated heterocycles. The van der Waals surface area contributed by atoms with Gasteiger partial charge in [-0.2, -0.15) is 0 Å². The number of carbonyl (C=O) groups is 2. The van der Waals surface area contributed by atoms with Gasteiger partial charge in [-0.15, -0.1) is 0 Å². The van der Waals surface area contributed by atoms with E-state index in [-0.39, 0.29) is 11.5 Å². The third-order valence-electron chi connectivity index (χ3n) is 5.58. The fourth-order valence-corrected chi connectivity index (χ4v) is 4.11. The average Bonchev–Trinajstić information content (AvgIpc) is 2.79. The van der Waals surface area contributed by atoms with Crippen molar-refractivity contribution in [2.24, 2.45) is 0 Å². The van der Waals surface area contributed by atoms with E-state index in [1.54, 1.807) is 18.2 Å². The highest BCUT2D eigenvalue weighted by Crippen LogP contribution is 2.30. The molecule has 164 valence electrons. The van der Waals surface area contributed by atoms with Gasteiger partial charge in [0.15, 0.2) is 0 Å². The first-order valence-electron chi connectivity index (χ1n) is 10.4. The predicted octanol–water partition coefficient (Wildman–Crippen LogP) is 5.00. The highest BCUT2D eigenvalue weighted by Gasteiger charge is 2.24. The Morgan fingerprint density at radius 1 is 0.938 bits per heavy atom.